The average Bonchev–Trinajstić information content (AvgIpc) is 2.58. The van der Waals surface area contributed by atoms with E-state index in [-0.39, 0.29) is 6.03 Å². The third-order valence-corrected chi connectivity index (χ3v) is 2.05. The lowest BCUT2D eigenvalue weighted by Gasteiger charge is -2.02. The number of hydrogen-bond donors (Lipinski definition) is 2. The van der Waals surface area contributed by atoms with Crippen LogP contribution in [0.4, 0.5) is 10.5 Å². The molecule has 0 aliphatic heterocycles. The second-order valence-electron chi connectivity index (χ2n) is 3.47. The fourth-order valence-electron chi connectivity index (χ4n) is 1.35. The molecule has 0 bridgehead atoms. The minimum absolute atomic E-state index is 0.371. The Morgan fingerprint density at radius 1 is 1.35 bits per heavy atom. The summed E-state index contributed by atoms with van der Waals surface area (Å²) in [5.74, 6) is 0.593. The van der Waals surface area contributed by atoms with Crippen LogP contribution in [-0.2, 0) is 7.05 Å². The zero-order valence-corrected chi connectivity index (χ0v) is 9.58. The lowest BCUT2D eigenvalue weighted by molar-refractivity contribution is -0.785. The van der Waals surface area contributed by atoms with Crippen molar-refractivity contribution in [2.24, 2.45) is 7.05 Å². The number of aromatic nitrogens is 4. The first kappa shape index (κ1) is 11.1. The number of tetrazole rings is 1. The van der Waals surface area contributed by atoms with Crippen molar-refractivity contribution in [1.82, 2.24) is 15.1 Å². The molecule has 1 heterocycles. The molecule has 2 aromatic rings. The lowest BCUT2D eigenvalue weighted by atomic mass is 10.3. The third kappa shape index (κ3) is 2.77. The fourth-order valence-corrected chi connectivity index (χ4v) is 1.35. The van der Waals surface area contributed by atoms with Crippen LogP contribution in [0.3, 0.4) is 0 Å². The van der Waals surface area contributed by atoms with E-state index in [0.29, 0.717) is 11.5 Å². The number of para-hydroxylation sites is 1. The van der Waals surface area contributed by atoms with Gasteiger partial charge in [0.2, 0.25) is 0 Å². The smallest absolute Gasteiger partial charge is 0.305 e. The van der Waals surface area contributed by atoms with Gasteiger partial charge in [0, 0.05) is 12.6 Å². The van der Waals surface area contributed by atoms with Gasteiger partial charge < -0.3 is 5.32 Å². The highest BCUT2D eigenvalue weighted by Crippen LogP contribution is 2.04. The molecule has 7 nitrogen and oxygen atoms in total. The number of carbonyl (C=O) groups is 1. The molecule has 17 heavy (non-hydrogen) atoms. The van der Waals surface area contributed by atoms with Gasteiger partial charge in [-0.1, -0.05) is 18.2 Å². The average molecular weight is 233 g/mol. The van der Waals surface area contributed by atoms with Crippen LogP contribution < -0.4 is 15.5 Å². The summed E-state index contributed by atoms with van der Waals surface area (Å²) in [7, 11) is 1.68. The van der Waals surface area contributed by atoms with Gasteiger partial charge in [-0.3, -0.25) is 0 Å². The number of aryl methyl sites for hydroxylation is 2. The van der Waals surface area contributed by atoms with Crippen molar-refractivity contribution in [2.45, 2.75) is 6.92 Å². The van der Waals surface area contributed by atoms with Gasteiger partial charge >= 0.3 is 6.03 Å². The molecule has 2 rings (SSSR count). The van der Waals surface area contributed by atoms with E-state index >= 15 is 0 Å². The molecule has 1 aromatic heterocycles. The largest absolute Gasteiger partial charge is 0.356 e. The molecule has 0 radical (unpaired) electrons. The Hall–Kier alpha value is -2.44. The Morgan fingerprint density at radius 2 is 2.06 bits per heavy atom. The van der Waals surface area contributed by atoms with Crippen molar-refractivity contribution < 1.29 is 9.59 Å². The van der Waals surface area contributed by atoms with Crippen LogP contribution in [0, 0.1) is 6.92 Å². The van der Waals surface area contributed by atoms with Gasteiger partial charge in [-0.25, -0.2) is 4.79 Å². The van der Waals surface area contributed by atoms with Crippen LogP contribution in [0.5, 0.6) is 0 Å². The maximum absolute atomic E-state index is 11.6. The molecule has 0 aliphatic carbocycles. The molecule has 88 valence electrons. The van der Waals surface area contributed by atoms with E-state index < -0.39 is 0 Å². The summed E-state index contributed by atoms with van der Waals surface area (Å²) >= 11 is 0. The number of benzene rings is 1. The number of urea groups is 1. The maximum Gasteiger partial charge on any atom is 0.356 e. The number of hydrogen-bond acceptors (Lipinski definition) is 3. The molecule has 0 unspecified atom stereocenters. The SMILES string of the molecule is Cc1n[n+](C)nn1NC(=O)Nc1ccccc1. The lowest BCUT2D eigenvalue weighted by Crippen LogP contribution is -2.37. The van der Waals surface area contributed by atoms with Crippen LogP contribution in [0.25, 0.3) is 0 Å². The molecule has 0 saturated carbocycles. The minimum Gasteiger partial charge on any atom is -0.305 e. The monoisotopic (exact) mass is 233 g/mol. The summed E-state index contributed by atoms with van der Waals surface area (Å²) in [5, 5.41) is 10.6. The molecular weight excluding hydrogens is 220 g/mol. The second kappa shape index (κ2) is 4.60. The topological polar surface area (TPSA) is 75.7 Å². The summed E-state index contributed by atoms with van der Waals surface area (Å²) in [6.45, 7) is 1.75. The third-order valence-electron chi connectivity index (χ3n) is 2.05. The standard InChI is InChI=1S/C10H12N6O/c1-8-12-15(2)14-16(8)13-10(17)11-9-6-4-3-5-7-9/h3-7H,1-2H3,(H-,11,13,14,17)/p+1. The highest BCUT2D eigenvalue weighted by Gasteiger charge is 2.14. The van der Waals surface area contributed by atoms with Crippen molar-refractivity contribution in [3.05, 3.63) is 36.2 Å². The van der Waals surface area contributed by atoms with Gasteiger partial charge in [0.1, 0.15) is 12.3 Å². The highest BCUT2D eigenvalue weighted by molar-refractivity contribution is 5.94. The highest BCUT2D eigenvalue weighted by atomic mass is 16.2. The zero-order chi connectivity index (χ0) is 12.3. The number of carbonyl (C=O) groups excluding carboxylic acids is 1. The van der Waals surface area contributed by atoms with E-state index in [9.17, 15) is 4.79 Å². The Bertz CT molecular complexity index is 521. The molecule has 0 atom stereocenters. The predicted molar refractivity (Wildman–Crippen MR) is 60.8 cm³/mol. The molecule has 0 aliphatic rings. The quantitative estimate of drug-likeness (QED) is 0.727. The Labute approximate surface area is 98.0 Å². The van der Waals surface area contributed by atoms with Gasteiger partial charge in [0.15, 0.2) is 0 Å². The van der Waals surface area contributed by atoms with E-state index in [2.05, 4.69) is 21.1 Å². The van der Waals surface area contributed by atoms with E-state index in [1.807, 2.05) is 18.2 Å². The first-order chi connectivity index (χ1) is 8.15. The van der Waals surface area contributed by atoms with Gasteiger partial charge in [-0.15, -0.1) is 5.43 Å². The molecule has 0 fully saturated rings. The van der Waals surface area contributed by atoms with E-state index in [1.165, 1.54) is 9.59 Å². The van der Waals surface area contributed by atoms with Gasteiger partial charge in [-0.2, -0.15) is 0 Å². The minimum atomic E-state index is -0.371. The molecular formula is C10H13N6O+. The van der Waals surface area contributed by atoms with Crippen LogP contribution in [0.1, 0.15) is 5.82 Å². The summed E-state index contributed by atoms with van der Waals surface area (Å²) in [4.78, 5) is 14.3. The van der Waals surface area contributed by atoms with E-state index in [1.54, 1.807) is 26.1 Å². The summed E-state index contributed by atoms with van der Waals surface area (Å²) in [6.07, 6.45) is 0. The van der Waals surface area contributed by atoms with Crippen LogP contribution in [0.15, 0.2) is 30.3 Å². The van der Waals surface area contributed by atoms with Crippen molar-refractivity contribution in [3.8, 4) is 0 Å². The fraction of sp³-hybridized carbons (Fsp3) is 0.200. The number of rotatable bonds is 2. The van der Waals surface area contributed by atoms with Crippen LogP contribution in [0.2, 0.25) is 0 Å². The number of anilines is 1. The summed E-state index contributed by atoms with van der Waals surface area (Å²) in [5.41, 5.74) is 3.27. The molecule has 7 heteroatoms. The van der Waals surface area contributed by atoms with Crippen LogP contribution in [-0.4, -0.2) is 21.1 Å². The Balaban J connectivity index is 2.01. The first-order valence-corrected chi connectivity index (χ1v) is 5.08. The normalized spacial score (nSPS) is 10.0. The van der Waals surface area contributed by atoms with Crippen molar-refractivity contribution in [3.63, 3.8) is 0 Å². The van der Waals surface area contributed by atoms with E-state index in [4.69, 9.17) is 0 Å². The predicted octanol–water partition coefficient (Wildman–Crippen LogP) is 0.187. The second-order valence-corrected chi connectivity index (χ2v) is 3.47. The molecule has 2 N–H and O–H groups in total. The number of nitrogens with zero attached hydrogens (tertiary/aromatic N) is 4. The molecule has 0 saturated heterocycles. The van der Waals surface area contributed by atoms with Gasteiger partial charge in [-0.05, 0) is 26.8 Å². The summed E-state index contributed by atoms with van der Waals surface area (Å²) in [6, 6.07) is 8.79. The molecule has 0 spiro atoms. The molecule has 2 amide bonds. The van der Waals surface area contributed by atoms with Gasteiger partial charge in [0.25, 0.3) is 5.82 Å². The van der Waals surface area contributed by atoms with Crippen LogP contribution >= 0.6 is 0 Å². The van der Waals surface area contributed by atoms with Crippen molar-refractivity contribution in [2.75, 3.05) is 10.7 Å². The maximum atomic E-state index is 11.6. The zero-order valence-electron chi connectivity index (χ0n) is 9.58. The summed E-state index contributed by atoms with van der Waals surface area (Å²) < 4.78 is 0. The number of nitrogens with one attached hydrogen (secondary N) is 2. The van der Waals surface area contributed by atoms with E-state index in [0.717, 1.165) is 0 Å². The number of amides is 2. The van der Waals surface area contributed by atoms with Gasteiger partial charge in [0.05, 0.1) is 0 Å². The Morgan fingerprint density at radius 3 is 2.65 bits per heavy atom. The van der Waals surface area contributed by atoms with Crippen molar-refractivity contribution >= 4 is 11.7 Å². The Kier molecular flexibility index (Phi) is 2.99. The first-order valence-electron chi connectivity index (χ1n) is 5.08. The van der Waals surface area contributed by atoms with Crippen molar-refractivity contribution in [1.29, 1.82) is 0 Å². The molecule has 1 aromatic carbocycles.